The van der Waals surface area contributed by atoms with Gasteiger partial charge in [0.15, 0.2) is 0 Å². The molecular formula is C12H12ClN3. The summed E-state index contributed by atoms with van der Waals surface area (Å²) in [7, 11) is 4.01. The fourth-order valence-corrected chi connectivity index (χ4v) is 1.66. The maximum Gasteiger partial charge on any atom is 0.116 e. The largest absolute Gasteiger partial charge is 0.378 e. The third-order valence-electron chi connectivity index (χ3n) is 2.32. The molecule has 0 fully saturated rings. The molecule has 3 nitrogen and oxygen atoms in total. The van der Waals surface area contributed by atoms with E-state index < -0.39 is 0 Å². The van der Waals surface area contributed by atoms with Crippen LogP contribution in [0.3, 0.4) is 0 Å². The van der Waals surface area contributed by atoms with E-state index in [2.05, 4.69) is 9.97 Å². The van der Waals surface area contributed by atoms with Crippen molar-refractivity contribution in [3.8, 4) is 11.3 Å². The number of hydrogen-bond donors (Lipinski definition) is 0. The van der Waals surface area contributed by atoms with E-state index in [0.29, 0.717) is 5.02 Å². The van der Waals surface area contributed by atoms with E-state index in [0.717, 1.165) is 16.9 Å². The van der Waals surface area contributed by atoms with Gasteiger partial charge >= 0.3 is 0 Å². The maximum atomic E-state index is 6.03. The lowest BCUT2D eigenvalue weighted by molar-refractivity contribution is 1.13. The van der Waals surface area contributed by atoms with Gasteiger partial charge in [0.1, 0.15) is 6.33 Å². The highest BCUT2D eigenvalue weighted by molar-refractivity contribution is 6.32. The minimum Gasteiger partial charge on any atom is -0.378 e. The summed E-state index contributed by atoms with van der Waals surface area (Å²) >= 11 is 6.03. The molecule has 1 aromatic heterocycles. The van der Waals surface area contributed by atoms with Gasteiger partial charge in [-0.25, -0.2) is 9.97 Å². The smallest absolute Gasteiger partial charge is 0.116 e. The topological polar surface area (TPSA) is 29.0 Å². The van der Waals surface area contributed by atoms with Crippen molar-refractivity contribution in [2.75, 3.05) is 19.0 Å². The molecule has 0 saturated heterocycles. The molecule has 16 heavy (non-hydrogen) atoms. The quantitative estimate of drug-likeness (QED) is 0.799. The Balaban J connectivity index is 2.39. The first-order valence-corrected chi connectivity index (χ1v) is 5.29. The molecule has 0 bridgehead atoms. The third-order valence-corrected chi connectivity index (χ3v) is 2.60. The molecular weight excluding hydrogens is 222 g/mol. The molecule has 0 aliphatic rings. The number of halogens is 1. The average molecular weight is 234 g/mol. The van der Waals surface area contributed by atoms with Crippen LogP contribution < -0.4 is 4.90 Å². The minimum atomic E-state index is 0.570. The van der Waals surface area contributed by atoms with Gasteiger partial charge in [0.25, 0.3) is 0 Å². The van der Waals surface area contributed by atoms with E-state index in [-0.39, 0.29) is 0 Å². The Hall–Kier alpha value is -1.61. The van der Waals surface area contributed by atoms with Gasteiger partial charge in [-0.2, -0.15) is 0 Å². The van der Waals surface area contributed by atoms with Crippen LogP contribution in [0, 0.1) is 0 Å². The Morgan fingerprint density at radius 3 is 2.38 bits per heavy atom. The van der Waals surface area contributed by atoms with Crippen LogP contribution in [-0.4, -0.2) is 24.1 Å². The van der Waals surface area contributed by atoms with Crippen molar-refractivity contribution in [2.24, 2.45) is 0 Å². The van der Waals surface area contributed by atoms with Crippen molar-refractivity contribution in [2.45, 2.75) is 0 Å². The van der Waals surface area contributed by atoms with Gasteiger partial charge in [-0.3, -0.25) is 0 Å². The molecule has 0 saturated carbocycles. The second-order valence-electron chi connectivity index (χ2n) is 3.66. The van der Waals surface area contributed by atoms with E-state index >= 15 is 0 Å². The van der Waals surface area contributed by atoms with Crippen LogP contribution in [0.5, 0.6) is 0 Å². The molecule has 2 aromatic rings. The fraction of sp³-hybridized carbons (Fsp3) is 0.167. The molecule has 1 heterocycles. The molecule has 82 valence electrons. The highest BCUT2D eigenvalue weighted by Gasteiger charge is 2.04. The summed E-state index contributed by atoms with van der Waals surface area (Å²) in [4.78, 5) is 10.1. The zero-order valence-electron chi connectivity index (χ0n) is 9.18. The Bertz CT molecular complexity index is 480. The number of anilines is 1. The molecule has 0 amide bonds. The van der Waals surface area contributed by atoms with Crippen LogP contribution in [0.1, 0.15) is 0 Å². The van der Waals surface area contributed by atoms with Gasteiger partial charge in [-0.05, 0) is 12.1 Å². The van der Waals surface area contributed by atoms with Crippen molar-refractivity contribution in [1.82, 2.24) is 9.97 Å². The molecule has 2 rings (SSSR count). The molecule has 0 atom stereocenters. The lowest BCUT2D eigenvalue weighted by atomic mass is 10.1. The van der Waals surface area contributed by atoms with Crippen LogP contribution in [0.4, 0.5) is 5.69 Å². The molecule has 1 aromatic carbocycles. The Labute approximate surface area is 99.7 Å². The fourth-order valence-electron chi connectivity index (χ4n) is 1.44. The van der Waals surface area contributed by atoms with E-state index in [1.54, 1.807) is 6.20 Å². The summed E-state index contributed by atoms with van der Waals surface area (Å²) in [6.45, 7) is 0. The Morgan fingerprint density at radius 2 is 1.81 bits per heavy atom. The van der Waals surface area contributed by atoms with Crippen LogP contribution in [0.15, 0.2) is 36.8 Å². The van der Waals surface area contributed by atoms with E-state index in [4.69, 9.17) is 11.6 Å². The standard InChI is InChI=1S/C12H12ClN3/c1-16(2)10-5-3-9(4-6-10)12-11(13)7-14-8-15-12/h3-8H,1-2H3. The second kappa shape index (κ2) is 4.49. The highest BCUT2D eigenvalue weighted by atomic mass is 35.5. The summed E-state index contributed by atoms with van der Waals surface area (Å²) in [5, 5.41) is 0.570. The first-order valence-electron chi connectivity index (χ1n) is 4.92. The summed E-state index contributed by atoms with van der Waals surface area (Å²) in [6.07, 6.45) is 3.10. The lowest BCUT2D eigenvalue weighted by Crippen LogP contribution is -2.07. The molecule has 0 N–H and O–H groups in total. The molecule has 0 unspecified atom stereocenters. The number of rotatable bonds is 2. The normalized spacial score (nSPS) is 10.2. The first kappa shape index (κ1) is 10.9. The molecule has 0 radical (unpaired) electrons. The SMILES string of the molecule is CN(C)c1ccc(-c2ncncc2Cl)cc1. The summed E-state index contributed by atoms with van der Waals surface area (Å²) < 4.78 is 0. The summed E-state index contributed by atoms with van der Waals surface area (Å²) in [5.74, 6) is 0. The second-order valence-corrected chi connectivity index (χ2v) is 4.07. The number of benzene rings is 1. The molecule has 4 heteroatoms. The van der Waals surface area contributed by atoms with Crippen molar-refractivity contribution < 1.29 is 0 Å². The van der Waals surface area contributed by atoms with Crippen molar-refractivity contribution >= 4 is 17.3 Å². The zero-order chi connectivity index (χ0) is 11.5. The summed E-state index contributed by atoms with van der Waals surface area (Å²) in [5.41, 5.74) is 2.91. The number of aromatic nitrogens is 2. The van der Waals surface area contributed by atoms with Gasteiger partial charge in [0, 0.05) is 31.5 Å². The maximum absolute atomic E-state index is 6.03. The molecule has 0 aliphatic carbocycles. The number of nitrogens with zero attached hydrogens (tertiary/aromatic N) is 3. The van der Waals surface area contributed by atoms with Crippen LogP contribution in [0.25, 0.3) is 11.3 Å². The highest BCUT2D eigenvalue weighted by Crippen LogP contribution is 2.25. The van der Waals surface area contributed by atoms with Gasteiger partial charge in [0.05, 0.1) is 10.7 Å². The van der Waals surface area contributed by atoms with Crippen molar-refractivity contribution in [1.29, 1.82) is 0 Å². The minimum absolute atomic E-state index is 0.570. The van der Waals surface area contributed by atoms with Crippen LogP contribution >= 0.6 is 11.6 Å². The van der Waals surface area contributed by atoms with Crippen molar-refractivity contribution in [3.63, 3.8) is 0 Å². The van der Waals surface area contributed by atoms with E-state index in [1.807, 2.05) is 43.3 Å². The van der Waals surface area contributed by atoms with Gasteiger partial charge in [0.2, 0.25) is 0 Å². The van der Waals surface area contributed by atoms with Gasteiger partial charge in [-0.15, -0.1) is 0 Å². The van der Waals surface area contributed by atoms with Crippen LogP contribution in [0.2, 0.25) is 5.02 Å². The lowest BCUT2D eigenvalue weighted by Gasteiger charge is -2.12. The Morgan fingerprint density at radius 1 is 1.12 bits per heavy atom. The predicted molar refractivity (Wildman–Crippen MR) is 66.8 cm³/mol. The number of hydrogen-bond acceptors (Lipinski definition) is 3. The zero-order valence-corrected chi connectivity index (χ0v) is 9.94. The predicted octanol–water partition coefficient (Wildman–Crippen LogP) is 2.86. The van der Waals surface area contributed by atoms with Gasteiger partial charge in [-0.1, -0.05) is 23.7 Å². The third kappa shape index (κ3) is 2.14. The molecule has 0 spiro atoms. The van der Waals surface area contributed by atoms with E-state index in [1.165, 1.54) is 6.33 Å². The monoisotopic (exact) mass is 233 g/mol. The average Bonchev–Trinajstić information content (AvgIpc) is 2.30. The Kier molecular flexibility index (Phi) is 3.06. The molecule has 0 aliphatic heterocycles. The van der Waals surface area contributed by atoms with Crippen LogP contribution in [-0.2, 0) is 0 Å². The summed E-state index contributed by atoms with van der Waals surface area (Å²) in [6, 6.07) is 8.08. The van der Waals surface area contributed by atoms with E-state index in [9.17, 15) is 0 Å². The van der Waals surface area contributed by atoms with Crippen molar-refractivity contribution in [3.05, 3.63) is 41.8 Å². The first-order chi connectivity index (χ1) is 7.68. The van der Waals surface area contributed by atoms with Gasteiger partial charge < -0.3 is 4.90 Å².